The zero-order valence-electron chi connectivity index (χ0n) is 18.6. The Hall–Kier alpha value is -3.75. The van der Waals surface area contributed by atoms with Gasteiger partial charge in [0, 0.05) is 19.8 Å². The molecule has 186 valence electrons. The van der Waals surface area contributed by atoms with Gasteiger partial charge in [-0.25, -0.2) is 4.79 Å². The summed E-state index contributed by atoms with van der Waals surface area (Å²) in [5.74, 6) is -4.22. The van der Waals surface area contributed by atoms with Crippen LogP contribution in [0.4, 0.5) is 0 Å². The topological polar surface area (TPSA) is 214 Å². The number of carbonyl (C=O) groups is 6. The minimum absolute atomic E-state index is 0.103. The Bertz CT molecular complexity index is 730. The number of carboxylic acid groups (broad SMARTS) is 1. The zero-order valence-corrected chi connectivity index (χ0v) is 18.6. The molecular formula is C18H30N6O9. The van der Waals surface area contributed by atoms with E-state index >= 15 is 0 Å². The lowest BCUT2D eigenvalue weighted by molar-refractivity contribution is -0.144. The minimum atomic E-state index is -1.24. The van der Waals surface area contributed by atoms with Crippen molar-refractivity contribution in [2.24, 2.45) is 5.16 Å². The van der Waals surface area contributed by atoms with E-state index in [2.05, 4.69) is 48.0 Å². The molecule has 0 aliphatic rings. The standard InChI is InChI=1S/C18H30N6O9/c1-10(16(29)21-6-5-20-13(25)8-33-19-4)23-18(31)12(3)24-17(30)11(2)22-14(26)7-32-9-15(27)28/h10-12H,4-9H2,1-3H3,(H,20,25)(H,21,29)(H,22,26)(H,23,31)(H,24,30)(H,27,28). The largest absolute Gasteiger partial charge is 0.480 e. The predicted molar refractivity (Wildman–Crippen MR) is 113 cm³/mol. The molecular weight excluding hydrogens is 444 g/mol. The van der Waals surface area contributed by atoms with Gasteiger partial charge in [0.25, 0.3) is 5.91 Å². The normalized spacial score (nSPS) is 12.8. The van der Waals surface area contributed by atoms with E-state index in [1.165, 1.54) is 20.8 Å². The second kappa shape index (κ2) is 16.0. The van der Waals surface area contributed by atoms with Gasteiger partial charge in [-0.05, 0) is 20.8 Å². The van der Waals surface area contributed by atoms with Gasteiger partial charge in [0.05, 0.1) is 0 Å². The number of amides is 5. The van der Waals surface area contributed by atoms with Crippen LogP contribution in [0.15, 0.2) is 5.16 Å². The van der Waals surface area contributed by atoms with E-state index in [0.717, 1.165) is 0 Å². The van der Waals surface area contributed by atoms with Gasteiger partial charge in [-0.3, -0.25) is 24.0 Å². The van der Waals surface area contributed by atoms with Crippen LogP contribution in [0.2, 0.25) is 0 Å². The van der Waals surface area contributed by atoms with Crippen LogP contribution in [0.3, 0.4) is 0 Å². The molecule has 15 nitrogen and oxygen atoms in total. The number of ether oxygens (including phenoxy) is 1. The molecule has 0 aromatic heterocycles. The molecule has 0 bridgehead atoms. The van der Waals surface area contributed by atoms with Gasteiger partial charge in [-0.1, -0.05) is 0 Å². The van der Waals surface area contributed by atoms with Crippen LogP contribution in [0, 0.1) is 0 Å². The Kier molecular flexibility index (Phi) is 14.1. The second-order valence-electron chi connectivity index (χ2n) is 6.68. The third kappa shape index (κ3) is 14.0. The molecule has 0 heterocycles. The first-order valence-corrected chi connectivity index (χ1v) is 9.80. The number of nitrogens with one attached hydrogen (secondary N) is 5. The molecule has 0 rings (SSSR count). The highest BCUT2D eigenvalue weighted by molar-refractivity contribution is 5.93. The van der Waals surface area contributed by atoms with Crippen molar-refractivity contribution < 1.29 is 43.4 Å². The van der Waals surface area contributed by atoms with Crippen molar-refractivity contribution in [1.82, 2.24) is 26.6 Å². The number of aliphatic carboxylic acids is 1. The number of nitrogens with zero attached hydrogens (tertiary/aromatic N) is 1. The summed E-state index contributed by atoms with van der Waals surface area (Å²) in [6, 6.07) is -2.97. The first-order chi connectivity index (χ1) is 15.5. The molecule has 0 aromatic rings. The summed E-state index contributed by atoms with van der Waals surface area (Å²) >= 11 is 0. The third-order valence-corrected chi connectivity index (χ3v) is 3.77. The Morgan fingerprint density at radius 1 is 0.758 bits per heavy atom. The first kappa shape index (κ1) is 29.2. The molecule has 5 amide bonds. The maximum atomic E-state index is 12.2. The van der Waals surface area contributed by atoms with Crippen molar-refractivity contribution >= 4 is 42.2 Å². The fraction of sp³-hybridized carbons (Fsp3) is 0.611. The number of carboxylic acids is 1. The fourth-order valence-electron chi connectivity index (χ4n) is 2.08. The summed E-state index contributed by atoms with van der Waals surface area (Å²) in [7, 11) is 0. The number of rotatable bonds is 16. The molecule has 3 atom stereocenters. The lowest BCUT2D eigenvalue weighted by Crippen LogP contribution is -2.55. The zero-order chi connectivity index (χ0) is 25.4. The molecule has 0 spiro atoms. The molecule has 0 fully saturated rings. The van der Waals surface area contributed by atoms with Crippen LogP contribution in [0.1, 0.15) is 20.8 Å². The van der Waals surface area contributed by atoms with Crippen molar-refractivity contribution in [3.05, 3.63) is 0 Å². The number of carbonyl (C=O) groups excluding carboxylic acids is 5. The van der Waals surface area contributed by atoms with Crippen LogP contribution in [0.25, 0.3) is 0 Å². The summed E-state index contributed by atoms with van der Waals surface area (Å²) < 4.78 is 4.61. The summed E-state index contributed by atoms with van der Waals surface area (Å²) in [5, 5.41) is 23.6. The summed E-state index contributed by atoms with van der Waals surface area (Å²) in [6.07, 6.45) is 0. The summed E-state index contributed by atoms with van der Waals surface area (Å²) in [5.41, 5.74) is 0. The highest BCUT2D eigenvalue weighted by atomic mass is 16.6. The van der Waals surface area contributed by atoms with Crippen LogP contribution in [-0.4, -0.2) is 98.4 Å². The van der Waals surface area contributed by atoms with E-state index < -0.39 is 66.8 Å². The van der Waals surface area contributed by atoms with Gasteiger partial charge >= 0.3 is 5.97 Å². The highest BCUT2D eigenvalue weighted by Gasteiger charge is 2.23. The first-order valence-electron chi connectivity index (χ1n) is 9.80. The Morgan fingerprint density at radius 3 is 1.82 bits per heavy atom. The van der Waals surface area contributed by atoms with Crippen LogP contribution in [0.5, 0.6) is 0 Å². The number of hydrogen-bond acceptors (Lipinski definition) is 9. The van der Waals surface area contributed by atoms with Gasteiger partial charge in [0.1, 0.15) is 31.3 Å². The highest BCUT2D eigenvalue weighted by Crippen LogP contribution is 1.91. The van der Waals surface area contributed by atoms with Crippen LogP contribution in [-0.2, 0) is 38.3 Å². The van der Waals surface area contributed by atoms with Gasteiger partial charge in [0.2, 0.25) is 23.6 Å². The van der Waals surface area contributed by atoms with Gasteiger partial charge < -0.3 is 41.3 Å². The monoisotopic (exact) mass is 474 g/mol. The van der Waals surface area contributed by atoms with Crippen molar-refractivity contribution in [1.29, 1.82) is 0 Å². The van der Waals surface area contributed by atoms with Crippen LogP contribution < -0.4 is 26.6 Å². The average Bonchev–Trinajstić information content (AvgIpc) is 2.74. The Balaban J connectivity index is 4.28. The van der Waals surface area contributed by atoms with E-state index in [9.17, 15) is 28.8 Å². The van der Waals surface area contributed by atoms with E-state index in [1.807, 2.05) is 0 Å². The smallest absolute Gasteiger partial charge is 0.329 e. The molecule has 15 heteroatoms. The fourth-order valence-corrected chi connectivity index (χ4v) is 2.08. The van der Waals surface area contributed by atoms with E-state index in [1.54, 1.807) is 0 Å². The molecule has 3 unspecified atom stereocenters. The average molecular weight is 474 g/mol. The minimum Gasteiger partial charge on any atom is -0.480 e. The second-order valence-corrected chi connectivity index (χ2v) is 6.68. The number of oxime groups is 1. The quantitative estimate of drug-likeness (QED) is 0.0741. The third-order valence-electron chi connectivity index (χ3n) is 3.77. The van der Waals surface area contributed by atoms with E-state index in [0.29, 0.717) is 0 Å². The Labute approximate surface area is 190 Å². The van der Waals surface area contributed by atoms with E-state index in [-0.39, 0.29) is 19.7 Å². The maximum absolute atomic E-state index is 12.2. The molecule has 0 aromatic carbocycles. The lowest BCUT2D eigenvalue weighted by Gasteiger charge is -2.20. The van der Waals surface area contributed by atoms with Crippen molar-refractivity contribution in [3.8, 4) is 0 Å². The summed E-state index contributed by atoms with van der Waals surface area (Å²) in [6.45, 7) is 5.97. The molecule has 0 aliphatic heterocycles. The van der Waals surface area contributed by atoms with Crippen molar-refractivity contribution in [2.45, 2.75) is 38.9 Å². The van der Waals surface area contributed by atoms with E-state index in [4.69, 9.17) is 5.11 Å². The molecule has 0 saturated heterocycles. The SMILES string of the molecule is C=NOCC(=O)NCCNC(=O)C(C)NC(=O)C(C)NC(=O)C(C)NC(=O)COCC(=O)O. The lowest BCUT2D eigenvalue weighted by atomic mass is 10.2. The maximum Gasteiger partial charge on any atom is 0.329 e. The molecule has 0 radical (unpaired) electrons. The molecule has 0 saturated carbocycles. The predicted octanol–water partition coefficient (Wildman–Crippen LogP) is -3.53. The van der Waals surface area contributed by atoms with Gasteiger partial charge in [0.15, 0.2) is 6.61 Å². The molecule has 0 aliphatic carbocycles. The molecule has 6 N–H and O–H groups in total. The van der Waals surface area contributed by atoms with Gasteiger partial charge in [-0.2, -0.15) is 0 Å². The number of hydrogen-bond donors (Lipinski definition) is 6. The van der Waals surface area contributed by atoms with Crippen molar-refractivity contribution in [2.75, 3.05) is 32.9 Å². The van der Waals surface area contributed by atoms with Crippen molar-refractivity contribution in [3.63, 3.8) is 0 Å². The van der Waals surface area contributed by atoms with Crippen LogP contribution >= 0.6 is 0 Å². The van der Waals surface area contributed by atoms with Gasteiger partial charge in [-0.15, -0.1) is 5.16 Å². The summed E-state index contributed by atoms with van der Waals surface area (Å²) in [4.78, 5) is 74.0. The molecule has 33 heavy (non-hydrogen) atoms. The Morgan fingerprint density at radius 2 is 1.27 bits per heavy atom.